The van der Waals surface area contributed by atoms with Gasteiger partial charge in [-0.25, -0.2) is 4.39 Å². The number of nitrogens with one attached hydrogen (secondary N) is 1. The lowest BCUT2D eigenvalue weighted by Crippen LogP contribution is -2.22. The molecule has 0 spiro atoms. The smallest absolute Gasteiger partial charge is 0.137 e. The van der Waals surface area contributed by atoms with Crippen LogP contribution in [0.5, 0.6) is 5.75 Å². The standard InChI is InChI=1S/C15H16BrFN2O/c1-3-19-15(10-6-12(20-2)9-18-8-10)13-5-4-11(17)7-14(13)16/h4-9,15,19H,3H2,1-2H3. The Morgan fingerprint density at radius 1 is 1.35 bits per heavy atom. The maximum absolute atomic E-state index is 13.2. The Morgan fingerprint density at radius 3 is 2.80 bits per heavy atom. The predicted octanol–water partition coefficient (Wildman–Crippen LogP) is 3.69. The van der Waals surface area contributed by atoms with Gasteiger partial charge in [0.2, 0.25) is 0 Å². The Labute approximate surface area is 126 Å². The number of benzene rings is 1. The number of ether oxygens (including phenoxy) is 1. The van der Waals surface area contributed by atoms with Gasteiger partial charge in [-0.1, -0.05) is 28.9 Å². The van der Waals surface area contributed by atoms with Gasteiger partial charge >= 0.3 is 0 Å². The largest absolute Gasteiger partial charge is 0.495 e. The van der Waals surface area contributed by atoms with Crippen molar-refractivity contribution in [1.29, 1.82) is 0 Å². The summed E-state index contributed by atoms with van der Waals surface area (Å²) in [5.74, 6) is 0.434. The van der Waals surface area contributed by atoms with E-state index in [-0.39, 0.29) is 11.9 Å². The van der Waals surface area contributed by atoms with Gasteiger partial charge in [0, 0.05) is 10.7 Å². The summed E-state index contributed by atoms with van der Waals surface area (Å²) in [4.78, 5) is 4.18. The SMILES string of the molecule is CCNC(c1cncc(OC)c1)c1ccc(F)cc1Br. The average Bonchev–Trinajstić information content (AvgIpc) is 2.45. The Kier molecular flexibility index (Phi) is 5.09. The van der Waals surface area contributed by atoms with E-state index in [2.05, 4.69) is 26.2 Å². The van der Waals surface area contributed by atoms with Gasteiger partial charge in [0.15, 0.2) is 0 Å². The first-order chi connectivity index (χ1) is 9.65. The number of hydrogen-bond donors (Lipinski definition) is 1. The van der Waals surface area contributed by atoms with Crippen molar-refractivity contribution < 1.29 is 9.13 Å². The first-order valence-electron chi connectivity index (χ1n) is 6.33. The molecule has 0 bridgehead atoms. The van der Waals surface area contributed by atoms with Gasteiger partial charge < -0.3 is 10.1 Å². The molecule has 3 nitrogen and oxygen atoms in total. The first kappa shape index (κ1) is 14.9. The number of pyridine rings is 1. The van der Waals surface area contributed by atoms with E-state index < -0.39 is 0 Å². The first-order valence-corrected chi connectivity index (χ1v) is 7.12. The zero-order valence-corrected chi connectivity index (χ0v) is 12.9. The van der Waals surface area contributed by atoms with Crippen LogP contribution in [-0.2, 0) is 0 Å². The van der Waals surface area contributed by atoms with Crippen LogP contribution in [0.15, 0.2) is 41.1 Å². The highest BCUT2D eigenvalue weighted by Gasteiger charge is 2.17. The molecule has 2 rings (SSSR count). The minimum atomic E-state index is -0.264. The Hall–Kier alpha value is -1.46. The minimum absolute atomic E-state index is 0.0717. The van der Waals surface area contributed by atoms with Crippen molar-refractivity contribution in [3.05, 3.63) is 58.1 Å². The second-order valence-corrected chi connectivity index (χ2v) is 5.17. The fourth-order valence-electron chi connectivity index (χ4n) is 2.05. The summed E-state index contributed by atoms with van der Waals surface area (Å²) in [6, 6.07) is 6.55. The van der Waals surface area contributed by atoms with Crippen LogP contribution in [0.1, 0.15) is 24.1 Å². The third-order valence-electron chi connectivity index (χ3n) is 2.99. The van der Waals surface area contributed by atoms with Crippen LogP contribution >= 0.6 is 15.9 Å². The van der Waals surface area contributed by atoms with Crippen molar-refractivity contribution in [1.82, 2.24) is 10.3 Å². The van der Waals surface area contributed by atoms with Gasteiger partial charge in [0.05, 0.1) is 19.3 Å². The van der Waals surface area contributed by atoms with E-state index in [1.807, 2.05) is 13.0 Å². The van der Waals surface area contributed by atoms with Crippen LogP contribution in [0.4, 0.5) is 4.39 Å². The fourth-order valence-corrected chi connectivity index (χ4v) is 2.63. The second kappa shape index (κ2) is 6.81. The number of methoxy groups -OCH3 is 1. The molecule has 2 aromatic rings. The lowest BCUT2D eigenvalue weighted by atomic mass is 10.00. The van der Waals surface area contributed by atoms with Crippen LogP contribution in [0.2, 0.25) is 0 Å². The Balaban J connectivity index is 2.44. The molecule has 0 aliphatic rings. The molecule has 0 aliphatic carbocycles. The predicted molar refractivity (Wildman–Crippen MR) is 80.4 cm³/mol. The summed E-state index contributed by atoms with van der Waals surface area (Å²) >= 11 is 3.42. The minimum Gasteiger partial charge on any atom is -0.495 e. The van der Waals surface area contributed by atoms with Gasteiger partial charge in [-0.05, 0) is 35.9 Å². The quantitative estimate of drug-likeness (QED) is 0.902. The number of rotatable bonds is 5. The summed E-state index contributed by atoms with van der Waals surface area (Å²) in [5, 5.41) is 3.38. The Morgan fingerprint density at radius 2 is 2.15 bits per heavy atom. The third kappa shape index (κ3) is 3.35. The molecule has 0 saturated carbocycles. The average molecular weight is 339 g/mol. The number of hydrogen-bond acceptors (Lipinski definition) is 3. The van der Waals surface area contributed by atoms with Gasteiger partial charge in [-0.2, -0.15) is 0 Å². The molecular formula is C15H16BrFN2O. The van der Waals surface area contributed by atoms with Crippen molar-refractivity contribution in [2.24, 2.45) is 0 Å². The van der Waals surface area contributed by atoms with Gasteiger partial charge in [0.25, 0.3) is 0 Å². The van der Waals surface area contributed by atoms with Crippen LogP contribution in [0.3, 0.4) is 0 Å². The molecule has 0 amide bonds. The van der Waals surface area contributed by atoms with Gasteiger partial charge in [-0.3, -0.25) is 4.98 Å². The molecule has 0 radical (unpaired) electrons. The molecule has 1 unspecified atom stereocenters. The van der Waals surface area contributed by atoms with Crippen molar-refractivity contribution in [2.45, 2.75) is 13.0 Å². The highest BCUT2D eigenvalue weighted by Crippen LogP contribution is 2.30. The highest BCUT2D eigenvalue weighted by atomic mass is 79.9. The third-order valence-corrected chi connectivity index (χ3v) is 3.67. The number of nitrogens with zero attached hydrogens (tertiary/aromatic N) is 1. The van der Waals surface area contributed by atoms with Crippen LogP contribution in [0.25, 0.3) is 0 Å². The zero-order chi connectivity index (χ0) is 14.5. The lowest BCUT2D eigenvalue weighted by molar-refractivity contribution is 0.411. The van der Waals surface area contributed by atoms with Crippen LogP contribution < -0.4 is 10.1 Å². The zero-order valence-electron chi connectivity index (χ0n) is 11.4. The summed E-state index contributed by atoms with van der Waals surface area (Å²) in [6.45, 7) is 2.81. The van der Waals surface area contributed by atoms with Crippen LogP contribution in [0, 0.1) is 5.82 Å². The maximum atomic E-state index is 13.2. The van der Waals surface area contributed by atoms with E-state index in [1.54, 1.807) is 25.6 Å². The Bertz CT molecular complexity index is 592. The van der Waals surface area contributed by atoms with Gasteiger partial charge in [-0.15, -0.1) is 0 Å². The van der Waals surface area contributed by atoms with E-state index in [9.17, 15) is 4.39 Å². The maximum Gasteiger partial charge on any atom is 0.137 e. The summed E-state index contributed by atoms with van der Waals surface area (Å²) in [6.07, 6.45) is 3.44. The number of aromatic nitrogens is 1. The van der Waals surface area contributed by atoms with Crippen molar-refractivity contribution >= 4 is 15.9 Å². The summed E-state index contributed by atoms with van der Waals surface area (Å²) in [5.41, 5.74) is 1.93. The van der Waals surface area contributed by atoms with Crippen molar-refractivity contribution in [3.8, 4) is 5.75 Å². The van der Waals surface area contributed by atoms with E-state index in [4.69, 9.17) is 4.74 Å². The van der Waals surface area contributed by atoms with E-state index >= 15 is 0 Å². The van der Waals surface area contributed by atoms with Crippen molar-refractivity contribution in [2.75, 3.05) is 13.7 Å². The molecule has 0 aliphatic heterocycles. The van der Waals surface area contributed by atoms with E-state index in [0.717, 1.165) is 22.1 Å². The number of halogens is 2. The summed E-state index contributed by atoms with van der Waals surface area (Å²) in [7, 11) is 1.61. The molecule has 0 saturated heterocycles. The normalized spacial score (nSPS) is 12.2. The molecule has 20 heavy (non-hydrogen) atoms. The molecule has 1 aromatic carbocycles. The van der Waals surface area contributed by atoms with Crippen molar-refractivity contribution in [3.63, 3.8) is 0 Å². The van der Waals surface area contributed by atoms with E-state index in [1.165, 1.54) is 12.1 Å². The molecule has 1 atom stereocenters. The molecule has 106 valence electrons. The van der Waals surface area contributed by atoms with Gasteiger partial charge in [0.1, 0.15) is 11.6 Å². The fraction of sp³-hybridized carbons (Fsp3) is 0.267. The molecule has 1 N–H and O–H groups in total. The molecular weight excluding hydrogens is 323 g/mol. The molecule has 1 heterocycles. The molecule has 1 aromatic heterocycles. The topological polar surface area (TPSA) is 34.2 Å². The van der Waals surface area contributed by atoms with Crippen LogP contribution in [-0.4, -0.2) is 18.6 Å². The molecule has 5 heteroatoms. The highest BCUT2D eigenvalue weighted by molar-refractivity contribution is 9.10. The lowest BCUT2D eigenvalue weighted by Gasteiger charge is -2.20. The monoisotopic (exact) mass is 338 g/mol. The van der Waals surface area contributed by atoms with E-state index in [0.29, 0.717) is 5.75 Å². The summed E-state index contributed by atoms with van der Waals surface area (Å²) < 4.78 is 19.2. The molecule has 0 fully saturated rings. The second-order valence-electron chi connectivity index (χ2n) is 4.31.